The highest BCUT2D eigenvalue weighted by atomic mass is 16.5. The number of phenols is 1. The Kier molecular flexibility index (Phi) is 6.69. The second kappa shape index (κ2) is 10.0. The highest BCUT2D eigenvalue weighted by molar-refractivity contribution is 5.95. The van der Waals surface area contributed by atoms with Crippen molar-refractivity contribution in [3.63, 3.8) is 0 Å². The Hall–Kier alpha value is -3.10. The molecule has 3 aromatic rings. The van der Waals surface area contributed by atoms with Gasteiger partial charge in [0.1, 0.15) is 11.6 Å². The van der Waals surface area contributed by atoms with Crippen molar-refractivity contribution < 1.29 is 9.84 Å². The van der Waals surface area contributed by atoms with Crippen LogP contribution in [0.4, 0.5) is 11.5 Å². The summed E-state index contributed by atoms with van der Waals surface area (Å²) < 4.78 is 6.03. The predicted octanol–water partition coefficient (Wildman–Crippen LogP) is 2.64. The largest absolute Gasteiger partial charge is 0.508 e. The van der Waals surface area contributed by atoms with Crippen molar-refractivity contribution in [3.8, 4) is 11.8 Å². The smallest absolute Gasteiger partial charge is 0.318 e. The van der Waals surface area contributed by atoms with Crippen LogP contribution in [0.3, 0.4) is 0 Å². The fourth-order valence-corrected chi connectivity index (χ4v) is 4.88. The molecule has 2 aliphatic rings. The van der Waals surface area contributed by atoms with Crippen molar-refractivity contribution in [2.45, 2.75) is 19.4 Å². The maximum absolute atomic E-state index is 10.4. The number of fused-ring (bicyclic) bond motifs is 2. The lowest BCUT2D eigenvalue weighted by atomic mass is 10.0. The van der Waals surface area contributed by atoms with Crippen LogP contribution in [0.2, 0.25) is 0 Å². The molecule has 2 N–H and O–H groups in total. The minimum absolute atomic E-state index is 0.286. The van der Waals surface area contributed by atoms with Gasteiger partial charge in [0.2, 0.25) is 0 Å². The summed E-state index contributed by atoms with van der Waals surface area (Å²) in [6, 6.07) is 12.4. The summed E-state index contributed by atoms with van der Waals surface area (Å²) in [7, 11) is 4.13. The molecule has 1 fully saturated rings. The van der Waals surface area contributed by atoms with Gasteiger partial charge in [0, 0.05) is 62.0 Å². The number of piperazine rings is 1. The molecule has 2 aliphatic heterocycles. The van der Waals surface area contributed by atoms with Gasteiger partial charge in [-0.2, -0.15) is 9.97 Å². The highest BCUT2D eigenvalue weighted by Crippen LogP contribution is 2.36. The normalized spacial score (nSPS) is 16.2. The van der Waals surface area contributed by atoms with Crippen LogP contribution >= 0.6 is 0 Å². The first-order valence-corrected chi connectivity index (χ1v) is 12.2. The summed E-state index contributed by atoms with van der Waals surface area (Å²) in [5, 5.41) is 16.0. The fraction of sp³-hybridized carbons (Fsp3) is 0.462. The number of aromatic nitrogens is 2. The van der Waals surface area contributed by atoms with Crippen molar-refractivity contribution in [3.05, 3.63) is 47.7 Å². The molecule has 3 heterocycles. The number of anilines is 2. The summed E-state index contributed by atoms with van der Waals surface area (Å²) >= 11 is 0. The zero-order valence-electron chi connectivity index (χ0n) is 20.1. The van der Waals surface area contributed by atoms with E-state index in [9.17, 15) is 5.11 Å². The van der Waals surface area contributed by atoms with Gasteiger partial charge in [-0.15, -0.1) is 0 Å². The summed E-state index contributed by atoms with van der Waals surface area (Å²) in [5.41, 5.74) is 3.28. The topological polar surface area (TPSA) is 77.0 Å². The van der Waals surface area contributed by atoms with Gasteiger partial charge in [-0.3, -0.25) is 0 Å². The Labute approximate surface area is 201 Å². The van der Waals surface area contributed by atoms with Gasteiger partial charge in [0.05, 0.1) is 18.8 Å². The van der Waals surface area contributed by atoms with Gasteiger partial charge in [-0.05, 0) is 38.4 Å². The van der Waals surface area contributed by atoms with Gasteiger partial charge in [0.15, 0.2) is 0 Å². The van der Waals surface area contributed by atoms with E-state index < -0.39 is 0 Å². The van der Waals surface area contributed by atoms with Crippen LogP contribution in [0.5, 0.6) is 11.8 Å². The third-order valence-electron chi connectivity index (χ3n) is 6.59. The third-order valence-corrected chi connectivity index (χ3v) is 6.59. The Morgan fingerprint density at radius 3 is 2.71 bits per heavy atom. The first kappa shape index (κ1) is 22.7. The standard InChI is InChI=1S/C26H34N6O2/c1-30(2)11-5-15-34-26-28-23-18-32(24-17-20(33)16-19-6-3-4-7-21(19)24)12-8-22(23)25(29-26)31-13-9-27-10-14-31/h3-4,6-7,16-17,27,33H,5,8-15,18H2,1-2H3. The number of ether oxygens (including phenoxy) is 1. The number of aromatic hydroxyl groups is 1. The highest BCUT2D eigenvalue weighted by Gasteiger charge is 2.27. The van der Waals surface area contributed by atoms with E-state index in [1.54, 1.807) is 0 Å². The van der Waals surface area contributed by atoms with Gasteiger partial charge in [-0.1, -0.05) is 24.3 Å². The molecule has 5 rings (SSSR count). The monoisotopic (exact) mass is 462 g/mol. The van der Waals surface area contributed by atoms with Gasteiger partial charge >= 0.3 is 6.01 Å². The van der Waals surface area contributed by atoms with E-state index in [4.69, 9.17) is 14.7 Å². The van der Waals surface area contributed by atoms with Crippen LogP contribution in [0.25, 0.3) is 10.8 Å². The van der Waals surface area contributed by atoms with Crippen LogP contribution < -0.4 is 19.9 Å². The van der Waals surface area contributed by atoms with Crippen LogP contribution in [-0.2, 0) is 13.0 Å². The van der Waals surface area contributed by atoms with E-state index in [0.29, 0.717) is 19.2 Å². The summed E-state index contributed by atoms with van der Waals surface area (Å²) in [6.07, 6.45) is 1.79. The lowest BCUT2D eigenvalue weighted by molar-refractivity contribution is 0.262. The molecular weight excluding hydrogens is 428 g/mol. The quantitative estimate of drug-likeness (QED) is 0.519. The van der Waals surface area contributed by atoms with Gasteiger partial charge < -0.3 is 29.9 Å². The van der Waals surface area contributed by atoms with Crippen LogP contribution in [0.15, 0.2) is 36.4 Å². The lowest BCUT2D eigenvalue weighted by Gasteiger charge is -2.35. The van der Waals surface area contributed by atoms with Crippen molar-refractivity contribution >= 4 is 22.3 Å². The molecule has 2 aromatic carbocycles. The number of hydrogen-bond donors (Lipinski definition) is 2. The second-order valence-electron chi connectivity index (χ2n) is 9.35. The van der Waals surface area contributed by atoms with Gasteiger partial charge in [0.25, 0.3) is 0 Å². The molecule has 0 radical (unpaired) electrons. The van der Waals surface area contributed by atoms with Gasteiger partial charge in [-0.25, -0.2) is 0 Å². The number of phenolic OH excluding ortho intramolecular Hbond substituents is 1. The maximum atomic E-state index is 10.4. The van der Waals surface area contributed by atoms with Crippen molar-refractivity contribution in [2.24, 2.45) is 0 Å². The molecule has 8 heteroatoms. The molecule has 0 unspecified atom stereocenters. The number of rotatable bonds is 7. The molecule has 34 heavy (non-hydrogen) atoms. The lowest BCUT2D eigenvalue weighted by Crippen LogP contribution is -2.45. The van der Waals surface area contributed by atoms with Crippen molar-refractivity contribution in [2.75, 3.05) is 69.8 Å². The molecule has 0 aliphatic carbocycles. The van der Waals surface area contributed by atoms with Crippen molar-refractivity contribution in [1.29, 1.82) is 0 Å². The van der Waals surface area contributed by atoms with Crippen molar-refractivity contribution in [1.82, 2.24) is 20.2 Å². The molecule has 1 saturated heterocycles. The molecule has 0 saturated carbocycles. The summed E-state index contributed by atoms with van der Waals surface area (Å²) in [4.78, 5) is 16.6. The Morgan fingerprint density at radius 2 is 1.88 bits per heavy atom. The number of nitrogens with one attached hydrogen (secondary N) is 1. The molecule has 0 amide bonds. The van der Waals surface area contributed by atoms with E-state index >= 15 is 0 Å². The fourth-order valence-electron chi connectivity index (χ4n) is 4.88. The number of hydrogen-bond acceptors (Lipinski definition) is 8. The van der Waals surface area contributed by atoms with Crippen LogP contribution in [0, 0.1) is 0 Å². The van der Waals surface area contributed by atoms with E-state index in [0.717, 1.165) is 80.1 Å². The molecule has 8 nitrogen and oxygen atoms in total. The molecular formula is C26H34N6O2. The molecule has 0 bridgehead atoms. The summed E-state index contributed by atoms with van der Waals surface area (Å²) in [5.74, 6) is 1.31. The van der Waals surface area contributed by atoms with Crippen LogP contribution in [0.1, 0.15) is 17.7 Å². The minimum Gasteiger partial charge on any atom is -0.508 e. The Bertz CT molecular complexity index is 1150. The minimum atomic E-state index is 0.286. The average molecular weight is 463 g/mol. The zero-order valence-corrected chi connectivity index (χ0v) is 20.1. The average Bonchev–Trinajstić information content (AvgIpc) is 2.85. The SMILES string of the molecule is CN(C)CCCOc1nc2c(c(N3CCNCC3)n1)CCN(c1cc(O)cc3ccccc13)C2. The number of benzene rings is 2. The zero-order chi connectivity index (χ0) is 23.5. The summed E-state index contributed by atoms with van der Waals surface area (Å²) in [6.45, 7) is 6.87. The maximum Gasteiger partial charge on any atom is 0.318 e. The van der Waals surface area contributed by atoms with E-state index in [1.165, 1.54) is 5.56 Å². The Morgan fingerprint density at radius 1 is 1.06 bits per heavy atom. The Balaban J connectivity index is 1.46. The molecule has 0 spiro atoms. The second-order valence-corrected chi connectivity index (χ2v) is 9.35. The third kappa shape index (κ3) is 4.88. The van der Waals surface area contributed by atoms with E-state index in [-0.39, 0.29) is 5.75 Å². The molecule has 0 atom stereocenters. The predicted molar refractivity (Wildman–Crippen MR) is 136 cm³/mol. The van der Waals surface area contributed by atoms with E-state index in [2.05, 4.69) is 40.2 Å². The molecule has 180 valence electrons. The van der Waals surface area contributed by atoms with Crippen LogP contribution in [-0.4, -0.2) is 79.9 Å². The van der Waals surface area contributed by atoms with E-state index in [1.807, 2.05) is 30.3 Å². The first-order valence-electron chi connectivity index (χ1n) is 12.2. The first-order chi connectivity index (χ1) is 16.6. The molecule has 1 aromatic heterocycles. The number of nitrogens with zero attached hydrogens (tertiary/aromatic N) is 5.